The van der Waals surface area contributed by atoms with Crippen LogP contribution in [0.2, 0.25) is 0 Å². The molecule has 1 heterocycles. The van der Waals surface area contributed by atoms with E-state index in [1.807, 2.05) is 18.7 Å². The molecule has 1 amide bonds. The molecule has 3 atom stereocenters. The fraction of sp³-hybridized carbons (Fsp3) is 0.778. The van der Waals surface area contributed by atoms with Crippen LogP contribution in [0.25, 0.3) is 0 Å². The van der Waals surface area contributed by atoms with Gasteiger partial charge in [-0.05, 0) is 50.9 Å². The van der Waals surface area contributed by atoms with E-state index in [-0.39, 0.29) is 5.91 Å². The van der Waals surface area contributed by atoms with Gasteiger partial charge in [-0.25, -0.2) is 0 Å². The quantitative estimate of drug-likeness (QED) is 0.890. The number of rotatable bonds is 4. The first-order chi connectivity index (χ1) is 11.2. The van der Waals surface area contributed by atoms with Gasteiger partial charge in [0.05, 0.1) is 10.6 Å². The Labute approximate surface area is 142 Å². The Kier molecular flexibility index (Phi) is 4.39. The summed E-state index contributed by atoms with van der Waals surface area (Å²) in [5, 5.41) is 7.91. The number of nitrogens with zero attached hydrogens (tertiary/aromatic N) is 1. The third-order valence-corrected chi connectivity index (χ3v) is 7.43. The van der Waals surface area contributed by atoms with Crippen molar-refractivity contribution in [2.75, 3.05) is 0 Å². The molecule has 5 heteroatoms. The highest BCUT2D eigenvalue weighted by molar-refractivity contribution is 8.00. The summed E-state index contributed by atoms with van der Waals surface area (Å²) >= 11 is 1.81. The summed E-state index contributed by atoms with van der Waals surface area (Å²) in [5.41, 5.74) is 0.860. The first-order valence-corrected chi connectivity index (χ1v) is 10.0. The van der Waals surface area contributed by atoms with Crippen LogP contribution in [0.5, 0.6) is 0 Å². The number of nitrogens with one attached hydrogen (secondary N) is 1. The van der Waals surface area contributed by atoms with Gasteiger partial charge < -0.3 is 9.84 Å². The van der Waals surface area contributed by atoms with Gasteiger partial charge in [-0.2, -0.15) is 0 Å². The van der Waals surface area contributed by atoms with Gasteiger partial charge >= 0.3 is 0 Å². The van der Waals surface area contributed by atoms with Gasteiger partial charge in [-0.1, -0.05) is 30.8 Å². The molecule has 2 bridgehead atoms. The van der Waals surface area contributed by atoms with Gasteiger partial charge in [0, 0.05) is 11.3 Å². The van der Waals surface area contributed by atoms with E-state index in [9.17, 15) is 4.79 Å². The highest BCUT2D eigenvalue weighted by Gasteiger charge is 2.40. The average molecular weight is 334 g/mol. The Morgan fingerprint density at radius 1 is 1.17 bits per heavy atom. The van der Waals surface area contributed by atoms with Gasteiger partial charge in [0.15, 0.2) is 0 Å². The second-order valence-electron chi connectivity index (χ2n) is 7.56. The molecular weight excluding hydrogens is 308 g/mol. The summed E-state index contributed by atoms with van der Waals surface area (Å²) in [6, 6.07) is 0.346. The van der Waals surface area contributed by atoms with Gasteiger partial charge in [-0.3, -0.25) is 4.79 Å². The lowest BCUT2D eigenvalue weighted by atomic mass is 9.95. The van der Waals surface area contributed by atoms with Crippen molar-refractivity contribution in [2.24, 2.45) is 11.8 Å². The molecule has 3 saturated carbocycles. The van der Waals surface area contributed by atoms with Crippen molar-refractivity contribution in [1.29, 1.82) is 0 Å². The third kappa shape index (κ3) is 3.17. The summed E-state index contributed by atoms with van der Waals surface area (Å²) in [6.07, 6.45) is 11.5. The summed E-state index contributed by atoms with van der Waals surface area (Å²) < 4.78 is 5.41. The smallest absolute Gasteiger partial charge is 0.291 e. The summed E-state index contributed by atoms with van der Waals surface area (Å²) in [4.78, 5) is 13.7. The van der Waals surface area contributed by atoms with Crippen LogP contribution >= 0.6 is 11.8 Å². The van der Waals surface area contributed by atoms with Gasteiger partial charge in [-0.15, -0.1) is 11.8 Å². The Bertz CT molecular complexity index is 580. The minimum atomic E-state index is -0.0542. The van der Waals surface area contributed by atoms with E-state index in [0.29, 0.717) is 23.0 Å². The number of carbonyl (C=O) groups is 1. The molecule has 0 aromatic carbocycles. The highest BCUT2D eigenvalue weighted by Crippen LogP contribution is 2.44. The fourth-order valence-electron chi connectivity index (χ4n) is 4.65. The molecule has 0 spiro atoms. The molecule has 1 aromatic rings. The van der Waals surface area contributed by atoms with Crippen molar-refractivity contribution < 1.29 is 9.32 Å². The standard InChI is InChI=1S/C18H26N2O2S/c1-11-17(23-14-5-3-2-4-6-14)16(22-20-11)18(21)19-15-10-12-7-8-13(15)9-12/h12-15H,2-10H2,1H3,(H,19,21)/t12?,13?,15-/m1/s1. The maximum Gasteiger partial charge on any atom is 0.291 e. The maximum atomic E-state index is 12.7. The number of hydrogen-bond acceptors (Lipinski definition) is 4. The van der Waals surface area contributed by atoms with Crippen molar-refractivity contribution in [3.63, 3.8) is 0 Å². The monoisotopic (exact) mass is 334 g/mol. The lowest BCUT2D eigenvalue weighted by molar-refractivity contribution is 0.0881. The van der Waals surface area contributed by atoms with E-state index < -0.39 is 0 Å². The van der Waals surface area contributed by atoms with E-state index in [2.05, 4.69) is 10.5 Å². The maximum absolute atomic E-state index is 12.7. The second kappa shape index (κ2) is 6.50. The number of carbonyl (C=O) groups excluding carboxylic acids is 1. The molecule has 23 heavy (non-hydrogen) atoms. The van der Waals surface area contributed by atoms with Crippen LogP contribution in [0.1, 0.15) is 74.0 Å². The largest absolute Gasteiger partial charge is 0.350 e. The lowest BCUT2D eigenvalue weighted by Gasteiger charge is -2.23. The number of thioether (sulfide) groups is 1. The minimum absolute atomic E-state index is 0.0542. The van der Waals surface area contributed by atoms with Crippen LogP contribution in [-0.4, -0.2) is 22.4 Å². The summed E-state index contributed by atoms with van der Waals surface area (Å²) in [7, 11) is 0. The molecule has 3 fully saturated rings. The van der Waals surface area contributed by atoms with E-state index >= 15 is 0 Å². The van der Waals surface area contributed by atoms with Crippen LogP contribution < -0.4 is 5.32 Å². The molecule has 3 aliphatic rings. The van der Waals surface area contributed by atoms with Crippen LogP contribution in [0.15, 0.2) is 9.42 Å². The van der Waals surface area contributed by atoms with Gasteiger partial charge in [0.1, 0.15) is 0 Å². The van der Waals surface area contributed by atoms with Gasteiger partial charge in [0.2, 0.25) is 5.76 Å². The zero-order chi connectivity index (χ0) is 15.8. The SMILES string of the molecule is Cc1noc(C(=O)N[C@@H]2CC3CCC2C3)c1SC1CCCCC1. The molecule has 1 N–H and O–H groups in total. The van der Waals surface area contributed by atoms with Crippen LogP contribution in [0.3, 0.4) is 0 Å². The predicted molar refractivity (Wildman–Crippen MR) is 90.7 cm³/mol. The summed E-state index contributed by atoms with van der Waals surface area (Å²) in [6.45, 7) is 1.95. The first kappa shape index (κ1) is 15.6. The molecule has 126 valence electrons. The topological polar surface area (TPSA) is 55.1 Å². The highest BCUT2D eigenvalue weighted by atomic mass is 32.2. The normalized spacial score (nSPS) is 30.7. The zero-order valence-electron chi connectivity index (χ0n) is 13.8. The first-order valence-electron chi connectivity index (χ1n) is 9.14. The zero-order valence-corrected chi connectivity index (χ0v) is 14.7. The Morgan fingerprint density at radius 3 is 2.70 bits per heavy atom. The average Bonchev–Trinajstić information content (AvgIpc) is 3.25. The molecule has 4 nitrogen and oxygen atoms in total. The predicted octanol–water partition coefficient (Wildman–Crippen LogP) is 4.33. The number of aromatic nitrogens is 1. The summed E-state index contributed by atoms with van der Waals surface area (Å²) in [5.74, 6) is 1.91. The minimum Gasteiger partial charge on any atom is -0.350 e. The number of amides is 1. The van der Waals surface area contributed by atoms with Crippen molar-refractivity contribution >= 4 is 17.7 Å². The molecule has 0 radical (unpaired) electrons. The van der Waals surface area contributed by atoms with E-state index in [1.165, 1.54) is 51.4 Å². The number of fused-ring (bicyclic) bond motifs is 2. The molecule has 0 saturated heterocycles. The van der Waals surface area contributed by atoms with Crippen molar-refractivity contribution in [2.45, 2.75) is 80.9 Å². The lowest BCUT2D eigenvalue weighted by Crippen LogP contribution is -2.38. The number of aryl methyl sites for hydroxylation is 1. The second-order valence-corrected chi connectivity index (χ2v) is 8.87. The third-order valence-electron chi connectivity index (χ3n) is 5.91. The molecule has 1 aromatic heterocycles. The van der Waals surface area contributed by atoms with E-state index in [4.69, 9.17) is 4.52 Å². The molecular formula is C18H26N2O2S. The van der Waals surface area contributed by atoms with Crippen molar-refractivity contribution in [3.05, 3.63) is 11.5 Å². The van der Waals surface area contributed by atoms with E-state index in [1.54, 1.807) is 0 Å². The van der Waals surface area contributed by atoms with Crippen molar-refractivity contribution in [1.82, 2.24) is 10.5 Å². The molecule has 4 rings (SSSR count). The van der Waals surface area contributed by atoms with Crippen LogP contribution in [0, 0.1) is 18.8 Å². The van der Waals surface area contributed by atoms with E-state index in [0.717, 1.165) is 22.9 Å². The molecule has 2 unspecified atom stereocenters. The van der Waals surface area contributed by atoms with Gasteiger partial charge in [0.25, 0.3) is 5.91 Å². The van der Waals surface area contributed by atoms with Crippen LogP contribution in [-0.2, 0) is 0 Å². The molecule has 3 aliphatic carbocycles. The molecule has 0 aliphatic heterocycles. The van der Waals surface area contributed by atoms with Crippen molar-refractivity contribution in [3.8, 4) is 0 Å². The Hall–Kier alpha value is -0.970. The Morgan fingerprint density at radius 2 is 2.00 bits per heavy atom. The Balaban J connectivity index is 1.44. The number of hydrogen-bond donors (Lipinski definition) is 1. The van der Waals surface area contributed by atoms with Crippen LogP contribution in [0.4, 0.5) is 0 Å². The fourth-order valence-corrected chi connectivity index (χ4v) is 6.00.